The van der Waals surface area contributed by atoms with E-state index in [1.54, 1.807) is 0 Å². The van der Waals surface area contributed by atoms with E-state index in [9.17, 15) is 52.7 Å². The molecule has 0 spiro atoms. The molecule has 0 N–H and O–H groups in total. The molecule has 31 heavy (non-hydrogen) atoms. The first kappa shape index (κ1) is 26.2. The number of hydrogen-bond acceptors (Lipinski definition) is 0. The van der Waals surface area contributed by atoms with Crippen molar-refractivity contribution in [3.05, 3.63) is 58.7 Å². The molecule has 0 nitrogen and oxygen atoms in total. The summed E-state index contributed by atoms with van der Waals surface area (Å²) in [5.74, 6) is 0. The summed E-state index contributed by atoms with van der Waals surface area (Å²) in [7, 11) is 11.9. The van der Waals surface area contributed by atoms with Crippen molar-refractivity contribution in [2.45, 2.75) is 24.7 Å². The van der Waals surface area contributed by atoms with Gasteiger partial charge in [-0.2, -0.15) is 0 Å². The van der Waals surface area contributed by atoms with E-state index in [1.807, 2.05) is 0 Å². The van der Waals surface area contributed by atoms with Crippen molar-refractivity contribution < 1.29 is 52.7 Å². The zero-order chi connectivity index (χ0) is 24.2. The van der Waals surface area contributed by atoms with Gasteiger partial charge < -0.3 is 0 Å². The molecule has 2 aromatic carbocycles. The van der Waals surface area contributed by atoms with Gasteiger partial charge in [0.15, 0.2) is 0 Å². The second-order valence-corrected chi connectivity index (χ2v) is 21.3. The first-order valence-corrected chi connectivity index (χ1v) is 17.7. The van der Waals surface area contributed by atoms with Gasteiger partial charge in [0.2, 0.25) is 0 Å². The Kier molecular flexibility index (Phi) is 6.84. The monoisotopic (exact) mass is 616 g/mol. The maximum atomic E-state index is 13.4. The topological polar surface area (TPSA) is 0 Å². The van der Waals surface area contributed by atoms with Gasteiger partial charge in [-0.25, -0.2) is 0 Å². The van der Waals surface area contributed by atoms with E-state index in [2.05, 4.69) is 0 Å². The maximum absolute atomic E-state index is 13.4. The van der Waals surface area contributed by atoms with Crippen LogP contribution in [0.25, 0.3) is 0 Å². The summed E-state index contributed by atoms with van der Waals surface area (Å²) in [4.78, 5) is 0. The molecule has 0 radical (unpaired) electrons. The molecule has 0 amide bonds. The molecule has 0 aromatic heterocycles. The van der Waals surface area contributed by atoms with Crippen molar-refractivity contribution in [2.75, 3.05) is 0 Å². The van der Waals surface area contributed by atoms with Crippen LogP contribution in [0.3, 0.4) is 0 Å². The fourth-order valence-electron chi connectivity index (χ4n) is 2.60. The van der Waals surface area contributed by atoms with Gasteiger partial charge in [0, 0.05) is 0 Å². The van der Waals surface area contributed by atoms with Crippen LogP contribution in [0.1, 0.15) is 22.3 Å². The molecule has 0 unspecified atom stereocenters. The Morgan fingerprint density at radius 2 is 0.774 bits per heavy atom. The van der Waals surface area contributed by atoms with Crippen LogP contribution >= 0.6 is 17.8 Å². The summed E-state index contributed by atoms with van der Waals surface area (Å²) < 4.78 is 155. The predicted molar refractivity (Wildman–Crippen MR) is 89.6 cm³/mol. The molecule has 0 saturated heterocycles. The average Bonchev–Trinajstić information content (AvgIpc) is 2.57. The number of rotatable bonds is 2. The van der Waals surface area contributed by atoms with Crippen LogP contribution in [0, 0.1) is 0 Å². The summed E-state index contributed by atoms with van der Waals surface area (Å²) in [5.41, 5.74) is -7.56. The molecule has 2 rings (SSSR count). The Bertz CT molecular complexity index is 893. The minimum absolute atomic E-state index is 0.151. The molecule has 0 heterocycles. The SMILES string of the molecule is FC(F)(F)c1cc[c]([Sn]([Cl])([Cl])[c]2ccc(C(F)(F)F)cc2C(F)(F)F)c(C(F)(F)F)c1. The molecule has 0 aliphatic carbocycles. The fraction of sp³-hybridized carbons (Fsp3) is 0.250. The van der Waals surface area contributed by atoms with Crippen LogP contribution in [0.5, 0.6) is 0 Å². The van der Waals surface area contributed by atoms with Crippen LogP contribution in [0.4, 0.5) is 52.7 Å². The van der Waals surface area contributed by atoms with Crippen molar-refractivity contribution in [2.24, 2.45) is 0 Å². The van der Waals surface area contributed by atoms with Crippen molar-refractivity contribution in [3.8, 4) is 0 Å². The van der Waals surface area contributed by atoms with Crippen molar-refractivity contribution in [1.29, 1.82) is 0 Å². The predicted octanol–water partition coefficient (Wildman–Crippen LogP) is 6.80. The summed E-state index contributed by atoms with van der Waals surface area (Å²) in [6, 6.07) is 0.00200. The summed E-state index contributed by atoms with van der Waals surface area (Å²) in [6.07, 6.45) is -21.4. The summed E-state index contributed by atoms with van der Waals surface area (Å²) >= 11 is -6.10. The van der Waals surface area contributed by atoms with E-state index in [-0.39, 0.29) is 36.4 Å². The van der Waals surface area contributed by atoms with E-state index >= 15 is 0 Å². The second kappa shape index (κ2) is 8.08. The standard InChI is InChI=1S/2C8H3F6.2ClH.Sn/c2*9-7(10,11)5-2-1-3-6(4-5)8(12,13)14;;;/h2*1-2,4H;2*1H;/q;;;;+2/p-2. The van der Waals surface area contributed by atoms with Crippen LogP contribution in [0.15, 0.2) is 36.4 Å². The zero-order valence-electron chi connectivity index (χ0n) is 14.3. The number of benzene rings is 2. The zero-order valence-corrected chi connectivity index (χ0v) is 18.6. The fourth-order valence-corrected chi connectivity index (χ4v) is 12.7. The number of halogens is 14. The van der Waals surface area contributed by atoms with E-state index in [1.165, 1.54) is 0 Å². The van der Waals surface area contributed by atoms with Crippen LogP contribution in [0.2, 0.25) is 0 Å². The molecule has 0 aliphatic rings. The van der Waals surface area contributed by atoms with Crippen LogP contribution < -0.4 is 7.16 Å². The Labute approximate surface area is 177 Å². The van der Waals surface area contributed by atoms with Gasteiger partial charge in [-0.05, 0) is 0 Å². The molecular weight excluding hydrogens is 610 g/mol. The van der Waals surface area contributed by atoms with Crippen molar-refractivity contribution in [1.82, 2.24) is 0 Å². The van der Waals surface area contributed by atoms with Gasteiger partial charge in [0.25, 0.3) is 0 Å². The third-order valence-electron chi connectivity index (χ3n) is 3.98. The van der Waals surface area contributed by atoms with Gasteiger partial charge in [0.1, 0.15) is 0 Å². The summed E-state index contributed by atoms with van der Waals surface area (Å²) in [5, 5.41) is 0. The van der Waals surface area contributed by atoms with E-state index in [0.717, 1.165) is 0 Å². The van der Waals surface area contributed by atoms with Gasteiger partial charge in [-0.3, -0.25) is 0 Å². The molecule has 0 aliphatic heterocycles. The van der Waals surface area contributed by atoms with Crippen molar-refractivity contribution >= 4 is 41.1 Å². The van der Waals surface area contributed by atoms with E-state index in [0.29, 0.717) is 0 Å². The molecule has 0 fully saturated rings. The van der Waals surface area contributed by atoms with Crippen LogP contribution in [-0.2, 0) is 24.7 Å². The van der Waals surface area contributed by atoms with E-state index in [4.69, 9.17) is 17.8 Å². The van der Waals surface area contributed by atoms with Gasteiger partial charge in [0.05, 0.1) is 0 Å². The van der Waals surface area contributed by atoms with Crippen LogP contribution in [-0.4, -0.2) is 16.1 Å². The Morgan fingerprint density at radius 3 is 1.00 bits per heavy atom. The number of hydrogen-bond donors (Lipinski definition) is 0. The molecule has 0 atom stereocenters. The average molecular weight is 616 g/mol. The van der Waals surface area contributed by atoms with Gasteiger partial charge in [-0.15, -0.1) is 0 Å². The minimum atomic E-state index is -6.10. The molecule has 15 heteroatoms. The Hall–Kier alpha value is -1.02. The van der Waals surface area contributed by atoms with Crippen molar-refractivity contribution in [3.63, 3.8) is 0 Å². The quantitative estimate of drug-likeness (QED) is 0.258. The van der Waals surface area contributed by atoms with Gasteiger partial charge in [-0.1, -0.05) is 0 Å². The Balaban J connectivity index is 2.84. The first-order chi connectivity index (χ1) is 13.7. The molecule has 0 bridgehead atoms. The first-order valence-electron chi connectivity index (χ1n) is 7.62. The summed E-state index contributed by atoms with van der Waals surface area (Å²) in [6.45, 7) is 0. The molecular formula is C16H6Cl2F12Sn. The van der Waals surface area contributed by atoms with E-state index < -0.39 is 70.2 Å². The third-order valence-corrected chi connectivity index (χ3v) is 15.8. The second-order valence-electron chi connectivity index (χ2n) is 6.09. The normalized spacial score (nSPS) is 14.1. The third kappa shape index (κ3) is 5.67. The van der Waals surface area contributed by atoms with Gasteiger partial charge >= 0.3 is 177 Å². The number of alkyl halides is 12. The Morgan fingerprint density at radius 1 is 0.484 bits per heavy atom. The molecule has 0 saturated carbocycles. The molecule has 172 valence electrons. The molecule has 2 aromatic rings.